The van der Waals surface area contributed by atoms with Crippen LogP contribution < -0.4 is 4.74 Å². The van der Waals surface area contributed by atoms with Gasteiger partial charge in [0, 0.05) is 15.8 Å². The first-order chi connectivity index (χ1) is 9.04. The summed E-state index contributed by atoms with van der Waals surface area (Å²) in [7, 11) is 0. The minimum atomic E-state index is 0.153. The van der Waals surface area contributed by atoms with Gasteiger partial charge in [0.25, 0.3) is 0 Å². The molecule has 1 aromatic carbocycles. The van der Waals surface area contributed by atoms with E-state index in [4.69, 9.17) is 4.74 Å². The molecule has 2 rings (SSSR count). The summed E-state index contributed by atoms with van der Waals surface area (Å²) in [4.78, 5) is 0.478. The summed E-state index contributed by atoms with van der Waals surface area (Å²) in [6.07, 6.45) is 6.53. The van der Waals surface area contributed by atoms with Crippen molar-refractivity contribution < 1.29 is 4.74 Å². The largest absolute Gasteiger partial charge is 0.492 e. The average molecular weight is 325 g/mol. The van der Waals surface area contributed by atoms with Gasteiger partial charge in [0.15, 0.2) is 0 Å². The van der Waals surface area contributed by atoms with Crippen LogP contribution >= 0.6 is 15.9 Å². The second kappa shape index (κ2) is 6.30. The van der Waals surface area contributed by atoms with Crippen LogP contribution in [0.5, 0.6) is 5.75 Å². The fraction of sp³-hybridized carbons (Fsp3) is 0.647. The summed E-state index contributed by atoms with van der Waals surface area (Å²) < 4.78 is 5.75. The molecule has 1 aromatic rings. The van der Waals surface area contributed by atoms with E-state index in [-0.39, 0.29) is 5.41 Å². The van der Waals surface area contributed by atoms with E-state index in [1.807, 2.05) is 0 Å². The van der Waals surface area contributed by atoms with Gasteiger partial charge in [-0.3, -0.25) is 0 Å². The van der Waals surface area contributed by atoms with Crippen LogP contribution in [0.3, 0.4) is 0 Å². The van der Waals surface area contributed by atoms with Gasteiger partial charge in [-0.1, -0.05) is 74.5 Å². The minimum absolute atomic E-state index is 0.153. The molecule has 0 N–H and O–H groups in total. The molecule has 1 unspecified atom stereocenters. The lowest BCUT2D eigenvalue weighted by Gasteiger charge is -2.17. The summed E-state index contributed by atoms with van der Waals surface area (Å²) >= 11 is 3.84. The molecule has 1 heterocycles. The highest BCUT2D eigenvalue weighted by atomic mass is 79.9. The van der Waals surface area contributed by atoms with Crippen LogP contribution in [0.25, 0.3) is 0 Å². The number of fused-ring (bicyclic) bond motifs is 1. The lowest BCUT2D eigenvalue weighted by atomic mass is 9.85. The number of unbranched alkanes of at least 4 members (excludes halogenated alkanes) is 3. The molecule has 1 nitrogen and oxygen atoms in total. The molecule has 19 heavy (non-hydrogen) atoms. The van der Waals surface area contributed by atoms with Gasteiger partial charge in [-0.05, 0) is 18.1 Å². The zero-order chi connectivity index (χ0) is 13.9. The molecule has 0 aromatic heterocycles. The van der Waals surface area contributed by atoms with Crippen molar-refractivity contribution in [2.75, 3.05) is 6.61 Å². The van der Waals surface area contributed by atoms with Crippen LogP contribution in [0.4, 0.5) is 0 Å². The van der Waals surface area contributed by atoms with Crippen molar-refractivity contribution in [3.05, 3.63) is 29.3 Å². The molecular weight excluding hydrogens is 300 g/mol. The fourth-order valence-corrected chi connectivity index (χ4v) is 3.26. The Hall–Kier alpha value is -0.500. The second-order valence-electron chi connectivity index (χ2n) is 6.25. The molecule has 0 amide bonds. The van der Waals surface area contributed by atoms with Crippen LogP contribution in [0, 0.1) is 0 Å². The minimum Gasteiger partial charge on any atom is -0.492 e. The number of benzene rings is 1. The van der Waals surface area contributed by atoms with Crippen molar-refractivity contribution in [2.24, 2.45) is 0 Å². The van der Waals surface area contributed by atoms with Crippen molar-refractivity contribution in [1.82, 2.24) is 0 Å². The van der Waals surface area contributed by atoms with Gasteiger partial charge in [0.2, 0.25) is 0 Å². The number of hydrogen-bond acceptors (Lipinski definition) is 1. The standard InChI is InChI=1S/C17H25BrO/c1-4-5-6-7-8-15(18)13-9-10-16-14(11-13)17(2,3)12-19-16/h9-11,15H,4-8,12H2,1-3H3. The number of rotatable bonds is 6. The Balaban J connectivity index is 2.01. The van der Waals surface area contributed by atoms with E-state index < -0.39 is 0 Å². The third-order valence-electron chi connectivity index (χ3n) is 3.99. The SMILES string of the molecule is CCCCCCC(Br)c1ccc2c(c1)C(C)(C)CO2. The van der Waals surface area contributed by atoms with Gasteiger partial charge in [-0.2, -0.15) is 0 Å². The van der Waals surface area contributed by atoms with Gasteiger partial charge in [0.1, 0.15) is 5.75 Å². The highest BCUT2D eigenvalue weighted by Crippen LogP contribution is 2.41. The molecular formula is C17H25BrO. The van der Waals surface area contributed by atoms with Gasteiger partial charge in [0.05, 0.1) is 6.61 Å². The van der Waals surface area contributed by atoms with Gasteiger partial charge >= 0.3 is 0 Å². The zero-order valence-electron chi connectivity index (χ0n) is 12.3. The Labute approximate surface area is 125 Å². The first-order valence-electron chi connectivity index (χ1n) is 7.46. The van der Waals surface area contributed by atoms with Crippen molar-refractivity contribution >= 4 is 15.9 Å². The van der Waals surface area contributed by atoms with Crippen LogP contribution in [-0.2, 0) is 5.41 Å². The third kappa shape index (κ3) is 3.53. The van der Waals surface area contributed by atoms with Crippen molar-refractivity contribution in [2.45, 2.75) is 63.1 Å². The molecule has 0 radical (unpaired) electrons. The summed E-state index contributed by atoms with van der Waals surface area (Å²) in [5, 5.41) is 0. The normalized spacial score (nSPS) is 17.9. The average Bonchev–Trinajstić information content (AvgIpc) is 2.70. The topological polar surface area (TPSA) is 9.23 Å². The van der Waals surface area contributed by atoms with E-state index >= 15 is 0 Å². The Morgan fingerprint density at radius 1 is 1.26 bits per heavy atom. The van der Waals surface area contributed by atoms with E-state index in [9.17, 15) is 0 Å². The van der Waals surface area contributed by atoms with E-state index in [0.29, 0.717) is 4.83 Å². The van der Waals surface area contributed by atoms with E-state index in [1.54, 1.807) is 0 Å². The van der Waals surface area contributed by atoms with Crippen LogP contribution in [0.2, 0.25) is 0 Å². The smallest absolute Gasteiger partial charge is 0.123 e. The summed E-state index contributed by atoms with van der Waals surface area (Å²) in [6, 6.07) is 6.68. The second-order valence-corrected chi connectivity index (χ2v) is 7.35. The summed E-state index contributed by atoms with van der Waals surface area (Å²) in [6.45, 7) is 7.57. The molecule has 0 saturated heterocycles. The predicted octanol–water partition coefficient (Wildman–Crippen LogP) is 5.76. The fourth-order valence-electron chi connectivity index (χ4n) is 2.65. The lowest BCUT2D eigenvalue weighted by Crippen LogP contribution is -2.18. The maximum absolute atomic E-state index is 5.75. The van der Waals surface area contributed by atoms with Crippen LogP contribution in [0.1, 0.15) is 68.8 Å². The first kappa shape index (κ1) is 14.9. The molecule has 0 aliphatic carbocycles. The maximum Gasteiger partial charge on any atom is 0.123 e. The molecule has 0 fully saturated rings. The Bertz CT molecular complexity index is 425. The number of hydrogen-bond donors (Lipinski definition) is 0. The highest BCUT2D eigenvalue weighted by Gasteiger charge is 2.32. The molecule has 0 bridgehead atoms. The maximum atomic E-state index is 5.75. The van der Waals surface area contributed by atoms with Crippen molar-refractivity contribution in [3.63, 3.8) is 0 Å². The van der Waals surface area contributed by atoms with Gasteiger partial charge < -0.3 is 4.74 Å². The predicted molar refractivity (Wildman–Crippen MR) is 85.4 cm³/mol. The zero-order valence-corrected chi connectivity index (χ0v) is 13.9. The van der Waals surface area contributed by atoms with E-state index in [0.717, 1.165) is 12.4 Å². The van der Waals surface area contributed by atoms with E-state index in [2.05, 4.69) is 54.9 Å². The number of halogens is 1. The summed E-state index contributed by atoms with van der Waals surface area (Å²) in [5.74, 6) is 1.07. The molecule has 0 saturated carbocycles. The monoisotopic (exact) mass is 324 g/mol. The van der Waals surface area contributed by atoms with E-state index in [1.165, 1.54) is 43.2 Å². The molecule has 2 heteroatoms. The quantitative estimate of drug-likeness (QED) is 0.477. The molecule has 1 aliphatic rings. The molecule has 106 valence electrons. The molecule has 1 aliphatic heterocycles. The Morgan fingerprint density at radius 3 is 2.79 bits per heavy atom. The summed E-state index contributed by atoms with van der Waals surface area (Å²) in [5.41, 5.74) is 2.91. The van der Waals surface area contributed by atoms with Crippen molar-refractivity contribution in [3.8, 4) is 5.75 Å². The highest BCUT2D eigenvalue weighted by molar-refractivity contribution is 9.09. The number of alkyl halides is 1. The van der Waals surface area contributed by atoms with Gasteiger partial charge in [-0.25, -0.2) is 0 Å². The lowest BCUT2D eigenvalue weighted by molar-refractivity contribution is 0.291. The third-order valence-corrected chi connectivity index (χ3v) is 4.98. The molecule has 1 atom stereocenters. The number of ether oxygens (including phenoxy) is 1. The van der Waals surface area contributed by atoms with Crippen LogP contribution in [0.15, 0.2) is 18.2 Å². The Morgan fingerprint density at radius 2 is 2.05 bits per heavy atom. The van der Waals surface area contributed by atoms with Gasteiger partial charge in [-0.15, -0.1) is 0 Å². The Kier molecular flexibility index (Phi) is 4.94. The van der Waals surface area contributed by atoms with Crippen LogP contribution in [-0.4, -0.2) is 6.61 Å². The van der Waals surface area contributed by atoms with Crippen molar-refractivity contribution in [1.29, 1.82) is 0 Å². The first-order valence-corrected chi connectivity index (χ1v) is 8.37. The molecule has 0 spiro atoms.